The summed E-state index contributed by atoms with van der Waals surface area (Å²) in [7, 11) is 0. The molecule has 2 heterocycles. The number of halogens is 1. The minimum atomic E-state index is -0.373. The van der Waals surface area contributed by atoms with E-state index in [1.54, 1.807) is 23.0 Å². The molecule has 0 fully saturated rings. The van der Waals surface area contributed by atoms with Crippen LogP contribution in [0.4, 0.5) is 11.4 Å². The van der Waals surface area contributed by atoms with Crippen LogP contribution in [-0.4, -0.2) is 20.7 Å². The summed E-state index contributed by atoms with van der Waals surface area (Å²) < 4.78 is 1.60. The molecule has 0 aliphatic rings. The third kappa shape index (κ3) is 2.60. The van der Waals surface area contributed by atoms with Crippen LogP contribution in [0.1, 0.15) is 17.4 Å². The molecule has 0 aliphatic carbocycles. The first-order valence-electron chi connectivity index (χ1n) is 5.36. The monoisotopic (exact) mass is 265 g/mol. The van der Waals surface area contributed by atoms with Crippen molar-refractivity contribution in [2.45, 2.75) is 13.5 Å². The highest BCUT2D eigenvalue weighted by Gasteiger charge is 2.14. The molecule has 3 N–H and O–H groups in total. The summed E-state index contributed by atoms with van der Waals surface area (Å²) in [6.45, 7) is 2.56. The van der Waals surface area contributed by atoms with Gasteiger partial charge in [-0.05, 0) is 19.1 Å². The highest BCUT2D eigenvalue weighted by Crippen LogP contribution is 2.15. The molecule has 1 amide bonds. The Balaban J connectivity index is 2.19. The van der Waals surface area contributed by atoms with E-state index in [9.17, 15) is 4.79 Å². The predicted octanol–water partition coefficient (Wildman–Crippen LogP) is 1.79. The van der Waals surface area contributed by atoms with Gasteiger partial charge in [-0.15, -0.1) is 0 Å². The summed E-state index contributed by atoms with van der Waals surface area (Å²) in [5.41, 5.74) is 6.81. The number of hydrogen-bond acceptors (Lipinski definition) is 4. The van der Waals surface area contributed by atoms with Crippen molar-refractivity contribution in [1.29, 1.82) is 0 Å². The van der Waals surface area contributed by atoms with Crippen LogP contribution in [0, 0.1) is 0 Å². The molecule has 6 nitrogen and oxygen atoms in total. The molecule has 0 saturated carbocycles. The number of aryl methyl sites for hydroxylation is 1. The standard InChI is InChI=1S/C11H12ClN5O/c1-2-17-6-8(13)10(16-17)11(18)15-7-3-4-14-9(12)5-7/h3-6H,2,13H2,1H3,(H,14,15,18). The maximum Gasteiger partial charge on any atom is 0.278 e. The van der Waals surface area contributed by atoms with Crippen molar-refractivity contribution in [3.63, 3.8) is 0 Å². The van der Waals surface area contributed by atoms with Gasteiger partial charge in [0.05, 0.1) is 5.69 Å². The van der Waals surface area contributed by atoms with E-state index in [0.29, 0.717) is 23.1 Å². The van der Waals surface area contributed by atoms with Gasteiger partial charge in [-0.1, -0.05) is 11.6 Å². The van der Waals surface area contributed by atoms with Gasteiger partial charge in [0.25, 0.3) is 5.91 Å². The normalized spacial score (nSPS) is 10.3. The average molecular weight is 266 g/mol. The van der Waals surface area contributed by atoms with E-state index < -0.39 is 0 Å². The van der Waals surface area contributed by atoms with E-state index in [4.69, 9.17) is 17.3 Å². The Hall–Kier alpha value is -2.08. The van der Waals surface area contributed by atoms with Gasteiger partial charge in [0, 0.05) is 24.6 Å². The van der Waals surface area contributed by atoms with E-state index in [-0.39, 0.29) is 11.6 Å². The Morgan fingerprint density at radius 3 is 3.00 bits per heavy atom. The molecular weight excluding hydrogens is 254 g/mol. The Labute approximate surface area is 109 Å². The number of pyridine rings is 1. The molecule has 0 spiro atoms. The van der Waals surface area contributed by atoms with Crippen LogP contribution in [0.3, 0.4) is 0 Å². The fourth-order valence-corrected chi connectivity index (χ4v) is 1.62. The Morgan fingerprint density at radius 2 is 2.39 bits per heavy atom. The highest BCUT2D eigenvalue weighted by atomic mass is 35.5. The molecule has 2 aromatic heterocycles. The Bertz CT molecular complexity index is 581. The summed E-state index contributed by atoms with van der Waals surface area (Å²) in [6.07, 6.45) is 3.13. The van der Waals surface area contributed by atoms with Crippen molar-refractivity contribution >= 4 is 28.9 Å². The maximum absolute atomic E-state index is 11.9. The molecular formula is C11H12ClN5O. The Kier molecular flexibility index (Phi) is 3.47. The second-order valence-corrected chi connectivity index (χ2v) is 4.00. The molecule has 0 aromatic carbocycles. The number of carbonyl (C=O) groups is 1. The number of aromatic nitrogens is 3. The van der Waals surface area contributed by atoms with E-state index in [0.717, 1.165) is 0 Å². The summed E-state index contributed by atoms with van der Waals surface area (Å²) in [5.74, 6) is -0.373. The topological polar surface area (TPSA) is 85.8 Å². The number of amides is 1. The van der Waals surface area contributed by atoms with Crippen LogP contribution in [0.2, 0.25) is 5.15 Å². The van der Waals surface area contributed by atoms with Gasteiger partial charge in [-0.2, -0.15) is 5.10 Å². The zero-order valence-electron chi connectivity index (χ0n) is 9.72. The molecule has 2 rings (SSSR count). The molecule has 0 radical (unpaired) electrons. The molecule has 0 unspecified atom stereocenters. The van der Waals surface area contributed by atoms with Crippen molar-refractivity contribution in [3.05, 3.63) is 35.4 Å². The van der Waals surface area contributed by atoms with E-state index in [1.807, 2.05) is 6.92 Å². The average Bonchev–Trinajstić information content (AvgIpc) is 2.70. The number of nitrogens with two attached hydrogens (primary N) is 1. The maximum atomic E-state index is 11.9. The van der Waals surface area contributed by atoms with Gasteiger partial charge in [-0.25, -0.2) is 4.98 Å². The van der Waals surface area contributed by atoms with Crippen LogP contribution in [-0.2, 0) is 6.54 Å². The minimum absolute atomic E-state index is 0.199. The molecule has 7 heteroatoms. The largest absolute Gasteiger partial charge is 0.396 e. The number of nitrogens with zero attached hydrogens (tertiary/aromatic N) is 3. The highest BCUT2D eigenvalue weighted by molar-refractivity contribution is 6.29. The molecule has 0 saturated heterocycles. The van der Waals surface area contributed by atoms with E-state index in [1.165, 1.54) is 6.20 Å². The molecule has 0 aliphatic heterocycles. The lowest BCUT2D eigenvalue weighted by Crippen LogP contribution is -2.14. The number of anilines is 2. The number of carbonyl (C=O) groups excluding carboxylic acids is 1. The van der Waals surface area contributed by atoms with Crippen LogP contribution in [0.5, 0.6) is 0 Å². The summed E-state index contributed by atoms with van der Waals surface area (Å²) in [6, 6.07) is 3.18. The molecule has 18 heavy (non-hydrogen) atoms. The van der Waals surface area contributed by atoms with Crippen molar-refractivity contribution < 1.29 is 4.79 Å². The molecule has 0 atom stereocenters. The van der Waals surface area contributed by atoms with Crippen LogP contribution < -0.4 is 11.1 Å². The summed E-state index contributed by atoms with van der Waals surface area (Å²) >= 11 is 5.73. The van der Waals surface area contributed by atoms with Gasteiger partial charge >= 0.3 is 0 Å². The third-order valence-electron chi connectivity index (χ3n) is 2.31. The number of nitrogens with one attached hydrogen (secondary N) is 1. The lowest BCUT2D eigenvalue weighted by molar-refractivity contribution is 0.102. The van der Waals surface area contributed by atoms with Crippen LogP contribution in [0.15, 0.2) is 24.5 Å². The first-order valence-corrected chi connectivity index (χ1v) is 5.73. The zero-order chi connectivity index (χ0) is 13.1. The van der Waals surface area contributed by atoms with Crippen molar-refractivity contribution in [2.24, 2.45) is 0 Å². The molecule has 94 valence electrons. The number of rotatable bonds is 3. The second-order valence-electron chi connectivity index (χ2n) is 3.61. The molecule has 2 aromatic rings. The first-order chi connectivity index (χ1) is 8.60. The van der Waals surface area contributed by atoms with E-state index >= 15 is 0 Å². The van der Waals surface area contributed by atoms with Gasteiger partial charge in [-0.3, -0.25) is 9.48 Å². The lowest BCUT2D eigenvalue weighted by atomic mass is 10.3. The third-order valence-corrected chi connectivity index (χ3v) is 2.52. The SMILES string of the molecule is CCn1cc(N)c(C(=O)Nc2ccnc(Cl)c2)n1. The van der Waals surface area contributed by atoms with E-state index in [2.05, 4.69) is 15.4 Å². The smallest absolute Gasteiger partial charge is 0.278 e. The second kappa shape index (κ2) is 5.05. The number of hydrogen-bond donors (Lipinski definition) is 2. The summed E-state index contributed by atoms with van der Waals surface area (Å²) in [4.78, 5) is 15.8. The van der Waals surface area contributed by atoms with Crippen LogP contribution in [0.25, 0.3) is 0 Å². The molecule has 0 bridgehead atoms. The fourth-order valence-electron chi connectivity index (χ4n) is 1.45. The van der Waals surface area contributed by atoms with Crippen molar-refractivity contribution in [2.75, 3.05) is 11.1 Å². The fraction of sp³-hybridized carbons (Fsp3) is 0.182. The summed E-state index contributed by atoms with van der Waals surface area (Å²) in [5, 5.41) is 7.04. The van der Waals surface area contributed by atoms with Crippen LogP contribution >= 0.6 is 11.6 Å². The van der Waals surface area contributed by atoms with Gasteiger partial charge in [0.15, 0.2) is 5.69 Å². The number of nitrogen functional groups attached to an aromatic ring is 1. The predicted molar refractivity (Wildman–Crippen MR) is 69.5 cm³/mol. The van der Waals surface area contributed by atoms with Gasteiger partial charge in [0.1, 0.15) is 5.15 Å². The minimum Gasteiger partial charge on any atom is -0.396 e. The first kappa shape index (κ1) is 12.4. The Morgan fingerprint density at radius 1 is 1.61 bits per heavy atom. The van der Waals surface area contributed by atoms with Crippen molar-refractivity contribution in [3.8, 4) is 0 Å². The van der Waals surface area contributed by atoms with Gasteiger partial charge < -0.3 is 11.1 Å². The lowest BCUT2D eigenvalue weighted by Gasteiger charge is -2.03. The van der Waals surface area contributed by atoms with Crippen molar-refractivity contribution in [1.82, 2.24) is 14.8 Å². The van der Waals surface area contributed by atoms with Gasteiger partial charge in [0.2, 0.25) is 0 Å². The quantitative estimate of drug-likeness (QED) is 0.829. The zero-order valence-corrected chi connectivity index (χ0v) is 10.5.